The van der Waals surface area contributed by atoms with Crippen molar-refractivity contribution in [3.63, 3.8) is 0 Å². The van der Waals surface area contributed by atoms with Gasteiger partial charge in [-0.3, -0.25) is 0 Å². The molecule has 1 rings (SSSR count). The summed E-state index contributed by atoms with van der Waals surface area (Å²) in [5.41, 5.74) is -0.154. The van der Waals surface area contributed by atoms with Gasteiger partial charge >= 0.3 is 5.97 Å². The lowest BCUT2D eigenvalue weighted by Gasteiger charge is -2.06. The van der Waals surface area contributed by atoms with Crippen LogP contribution in [-0.4, -0.2) is 30.5 Å². The Bertz CT molecular complexity index is 461. The molecule has 0 fully saturated rings. The van der Waals surface area contributed by atoms with E-state index in [0.29, 0.717) is 0 Å². The first-order chi connectivity index (χ1) is 6.83. The molecule has 1 aromatic heterocycles. The number of rotatable bonds is 4. The fourth-order valence-corrected chi connectivity index (χ4v) is 2.28. The van der Waals surface area contributed by atoms with Crippen molar-refractivity contribution < 1.29 is 18.3 Å². The molecule has 0 saturated carbocycles. The van der Waals surface area contributed by atoms with E-state index in [2.05, 4.69) is 9.71 Å². The van der Waals surface area contributed by atoms with Gasteiger partial charge in [-0.05, 0) is 19.9 Å². The van der Waals surface area contributed by atoms with Crippen molar-refractivity contribution in [2.75, 3.05) is 0 Å². The molecule has 1 aromatic rings. The number of aromatic nitrogens is 1. The number of aromatic amines is 1. The van der Waals surface area contributed by atoms with Crippen LogP contribution in [0.4, 0.5) is 0 Å². The second-order valence-electron chi connectivity index (χ2n) is 3.33. The molecule has 6 nitrogen and oxygen atoms in total. The van der Waals surface area contributed by atoms with Crippen molar-refractivity contribution in [1.82, 2.24) is 9.71 Å². The van der Waals surface area contributed by atoms with Crippen molar-refractivity contribution in [2.24, 2.45) is 0 Å². The minimum absolute atomic E-state index is 0.0754. The molecule has 15 heavy (non-hydrogen) atoms. The van der Waals surface area contributed by atoms with E-state index in [9.17, 15) is 13.2 Å². The molecule has 0 aliphatic rings. The molecule has 0 atom stereocenters. The Morgan fingerprint density at radius 1 is 1.53 bits per heavy atom. The quantitative estimate of drug-likeness (QED) is 0.699. The maximum atomic E-state index is 11.6. The lowest BCUT2D eigenvalue weighted by Crippen LogP contribution is -2.29. The molecule has 0 aliphatic heterocycles. The molecule has 7 heteroatoms. The van der Waals surface area contributed by atoms with Gasteiger partial charge in [0.05, 0.1) is 0 Å². The minimum atomic E-state index is -3.62. The van der Waals surface area contributed by atoms with Crippen molar-refractivity contribution >= 4 is 16.0 Å². The van der Waals surface area contributed by atoms with Crippen LogP contribution in [0.1, 0.15) is 24.3 Å². The van der Waals surface area contributed by atoms with Crippen LogP contribution in [0.3, 0.4) is 0 Å². The van der Waals surface area contributed by atoms with Gasteiger partial charge in [0.25, 0.3) is 0 Å². The zero-order valence-electron chi connectivity index (χ0n) is 8.31. The fourth-order valence-electron chi connectivity index (χ4n) is 1.03. The van der Waals surface area contributed by atoms with E-state index in [1.54, 1.807) is 13.8 Å². The largest absolute Gasteiger partial charge is 0.477 e. The van der Waals surface area contributed by atoms with Crippen LogP contribution >= 0.6 is 0 Å². The normalized spacial score (nSPS) is 11.9. The summed E-state index contributed by atoms with van der Waals surface area (Å²) in [7, 11) is -3.62. The number of sulfonamides is 1. The van der Waals surface area contributed by atoms with E-state index < -0.39 is 16.0 Å². The van der Waals surface area contributed by atoms with E-state index in [0.717, 1.165) is 12.3 Å². The SMILES string of the molecule is CC(C)NS(=O)(=O)c1c[nH]c(C(=O)O)c1. The number of hydrogen-bond acceptors (Lipinski definition) is 3. The average molecular weight is 232 g/mol. The van der Waals surface area contributed by atoms with Crippen molar-refractivity contribution in [1.29, 1.82) is 0 Å². The smallest absolute Gasteiger partial charge is 0.352 e. The maximum Gasteiger partial charge on any atom is 0.352 e. The van der Waals surface area contributed by atoms with Crippen LogP contribution in [0.25, 0.3) is 0 Å². The first-order valence-corrected chi connectivity index (χ1v) is 5.75. The van der Waals surface area contributed by atoms with E-state index in [1.807, 2.05) is 0 Å². The molecule has 3 N–H and O–H groups in total. The molecule has 1 heterocycles. The lowest BCUT2D eigenvalue weighted by molar-refractivity contribution is 0.0691. The molecule has 0 saturated heterocycles. The van der Waals surface area contributed by atoms with Crippen LogP contribution in [0.2, 0.25) is 0 Å². The predicted molar refractivity (Wildman–Crippen MR) is 53.2 cm³/mol. The Hall–Kier alpha value is -1.34. The second kappa shape index (κ2) is 4.03. The third-order valence-electron chi connectivity index (χ3n) is 1.59. The molecule has 0 spiro atoms. The number of carbonyl (C=O) groups is 1. The topological polar surface area (TPSA) is 99.3 Å². The van der Waals surface area contributed by atoms with E-state index in [4.69, 9.17) is 5.11 Å². The van der Waals surface area contributed by atoms with Gasteiger partial charge in [0.2, 0.25) is 10.0 Å². The van der Waals surface area contributed by atoms with Gasteiger partial charge < -0.3 is 10.1 Å². The molecule has 84 valence electrons. The monoisotopic (exact) mass is 232 g/mol. The number of nitrogens with one attached hydrogen (secondary N) is 2. The summed E-state index contributed by atoms with van der Waals surface area (Å²) in [4.78, 5) is 12.8. The van der Waals surface area contributed by atoms with Crippen LogP contribution in [0, 0.1) is 0 Å². The van der Waals surface area contributed by atoms with Gasteiger partial charge in [0.1, 0.15) is 10.6 Å². The lowest BCUT2D eigenvalue weighted by atomic mass is 10.4. The summed E-state index contributed by atoms with van der Waals surface area (Å²) >= 11 is 0. The highest BCUT2D eigenvalue weighted by Crippen LogP contribution is 2.10. The molecule has 0 amide bonds. The molecule has 0 radical (unpaired) electrons. The van der Waals surface area contributed by atoms with Crippen LogP contribution in [0.15, 0.2) is 17.2 Å². The molecular weight excluding hydrogens is 220 g/mol. The maximum absolute atomic E-state index is 11.6. The number of carboxylic acid groups (broad SMARTS) is 1. The third kappa shape index (κ3) is 2.80. The van der Waals surface area contributed by atoms with Gasteiger partial charge in [-0.15, -0.1) is 0 Å². The zero-order chi connectivity index (χ0) is 11.6. The molecule has 0 unspecified atom stereocenters. The number of aromatic carboxylic acids is 1. The van der Waals surface area contributed by atoms with Crippen molar-refractivity contribution in [3.8, 4) is 0 Å². The van der Waals surface area contributed by atoms with Crippen LogP contribution in [0.5, 0.6) is 0 Å². The average Bonchev–Trinajstić information content (AvgIpc) is 2.48. The highest BCUT2D eigenvalue weighted by atomic mass is 32.2. The van der Waals surface area contributed by atoms with Crippen molar-refractivity contribution in [2.45, 2.75) is 24.8 Å². The molecular formula is C8H12N2O4S. The summed E-state index contributed by atoms with van der Waals surface area (Å²) in [6.45, 7) is 3.37. The van der Waals surface area contributed by atoms with E-state index in [1.165, 1.54) is 0 Å². The highest BCUT2D eigenvalue weighted by Gasteiger charge is 2.18. The predicted octanol–water partition coefficient (Wildman–Crippen LogP) is 0.400. The van der Waals surface area contributed by atoms with Crippen LogP contribution < -0.4 is 4.72 Å². The first kappa shape index (κ1) is 11.7. The Morgan fingerprint density at radius 2 is 2.13 bits per heavy atom. The Morgan fingerprint density at radius 3 is 2.53 bits per heavy atom. The summed E-state index contributed by atoms with van der Waals surface area (Å²) in [5, 5.41) is 8.60. The highest BCUT2D eigenvalue weighted by molar-refractivity contribution is 7.89. The molecule has 0 bridgehead atoms. The Labute approximate surface area is 87.4 Å². The zero-order valence-corrected chi connectivity index (χ0v) is 9.13. The van der Waals surface area contributed by atoms with Gasteiger partial charge in [0.15, 0.2) is 0 Å². The standard InChI is InChI=1S/C8H12N2O4S/c1-5(2)10-15(13,14)6-3-7(8(11)12)9-4-6/h3-5,9-10H,1-2H3,(H,11,12). The summed E-state index contributed by atoms with van der Waals surface area (Å²) in [6, 6.07) is 0.839. The van der Waals surface area contributed by atoms with Crippen LogP contribution in [-0.2, 0) is 10.0 Å². The van der Waals surface area contributed by atoms with Gasteiger partial charge in [-0.2, -0.15) is 0 Å². The Balaban J connectivity index is 3.01. The van der Waals surface area contributed by atoms with Gasteiger partial charge in [-0.25, -0.2) is 17.9 Å². The minimum Gasteiger partial charge on any atom is -0.477 e. The number of H-pyrrole nitrogens is 1. The van der Waals surface area contributed by atoms with Gasteiger partial charge in [-0.1, -0.05) is 0 Å². The van der Waals surface area contributed by atoms with E-state index in [-0.39, 0.29) is 16.6 Å². The molecule has 0 aromatic carbocycles. The second-order valence-corrected chi connectivity index (χ2v) is 5.04. The number of carboxylic acids is 1. The number of hydrogen-bond donors (Lipinski definition) is 3. The first-order valence-electron chi connectivity index (χ1n) is 4.27. The summed E-state index contributed by atoms with van der Waals surface area (Å²) < 4.78 is 25.5. The molecule has 0 aliphatic carbocycles. The third-order valence-corrected chi connectivity index (χ3v) is 3.23. The van der Waals surface area contributed by atoms with Gasteiger partial charge in [0, 0.05) is 12.2 Å². The fraction of sp³-hybridized carbons (Fsp3) is 0.375. The summed E-state index contributed by atoms with van der Waals surface area (Å²) in [6.07, 6.45) is 1.15. The Kier molecular flexibility index (Phi) is 3.15. The van der Waals surface area contributed by atoms with E-state index >= 15 is 0 Å². The van der Waals surface area contributed by atoms with Crippen molar-refractivity contribution in [3.05, 3.63) is 18.0 Å². The summed E-state index contributed by atoms with van der Waals surface area (Å²) in [5.74, 6) is -1.19.